The topological polar surface area (TPSA) is 96.5 Å². The molecule has 1 amide bonds. The van der Waals surface area contributed by atoms with Crippen LogP contribution in [-0.2, 0) is 24.2 Å². The van der Waals surface area contributed by atoms with Crippen LogP contribution in [0.5, 0.6) is 0 Å². The third-order valence-corrected chi connectivity index (χ3v) is 7.70. The van der Waals surface area contributed by atoms with Crippen LogP contribution in [0.3, 0.4) is 0 Å². The van der Waals surface area contributed by atoms with E-state index >= 15 is 0 Å². The number of nitrogens with zero attached hydrogens (tertiary/aromatic N) is 5. The molecule has 0 radical (unpaired) electrons. The van der Waals surface area contributed by atoms with Crippen LogP contribution in [0.4, 0.5) is 5.00 Å². The Balaban J connectivity index is 1.46. The van der Waals surface area contributed by atoms with Crippen molar-refractivity contribution in [3.05, 3.63) is 53.1 Å². The maximum atomic E-state index is 12.7. The van der Waals surface area contributed by atoms with E-state index in [0.29, 0.717) is 39.7 Å². The number of amides is 1. The van der Waals surface area contributed by atoms with Crippen LogP contribution in [-0.4, -0.2) is 31.4 Å². The molecule has 32 heavy (non-hydrogen) atoms. The Kier molecular flexibility index (Phi) is 7.02. The minimum Gasteiger partial charge on any atom is -0.316 e. The maximum absolute atomic E-state index is 12.7. The normalized spacial score (nSPS) is 15.1. The molecule has 0 aliphatic heterocycles. The van der Waals surface area contributed by atoms with Gasteiger partial charge in [0.25, 0.3) is 0 Å². The van der Waals surface area contributed by atoms with E-state index in [1.807, 2.05) is 22.8 Å². The molecule has 0 spiro atoms. The predicted molar refractivity (Wildman–Crippen MR) is 128 cm³/mol. The molecular formula is C23H24N6OS2. The van der Waals surface area contributed by atoms with Gasteiger partial charge in [-0.15, -0.1) is 28.1 Å². The summed E-state index contributed by atoms with van der Waals surface area (Å²) in [4.78, 5) is 18.3. The molecule has 0 bridgehead atoms. The number of thioether (sulfide) groups is 1. The molecule has 0 aromatic carbocycles. The molecule has 9 heteroatoms. The van der Waals surface area contributed by atoms with E-state index in [-0.39, 0.29) is 11.7 Å². The number of carbonyl (C=O) groups is 1. The smallest absolute Gasteiger partial charge is 0.235 e. The largest absolute Gasteiger partial charge is 0.316 e. The van der Waals surface area contributed by atoms with Gasteiger partial charge in [-0.25, -0.2) is 0 Å². The molecule has 3 heterocycles. The van der Waals surface area contributed by atoms with Crippen molar-refractivity contribution in [1.29, 1.82) is 5.26 Å². The van der Waals surface area contributed by atoms with Gasteiger partial charge < -0.3 is 5.32 Å². The summed E-state index contributed by atoms with van der Waals surface area (Å²) in [6.45, 7) is 6.53. The second-order valence-corrected chi connectivity index (χ2v) is 9.64. The number of hydrogen-bond donors (Lipinski definition) is 1. The minimum atomic E-state index is -0.162. The molecule has 1 unspecified atom stereocenters. The van der Waals surface area contributed by atoms with Crippen LogP contribution in [0.25, 0.3) is 11.5 Å². The van der Waals surface area contributed by atoms with Crippen molar-refractivity contribution < 1.29 is 4.79 Å². The summed E-state index contributed by atoms with van der Waals surface area (Å²) in [6.07, 6.45) is 7.63. The highest BCUT2D eigenvalue weighted by molar-refractivity contribution is 7.99. The van der Waals surface area contributed by atoms with E-state index in [2.05, 4.69) is 40.1 Å². The highest BCUT2D eigenvalue weighted by Crippen LogP contribution is 2.40. The molecule has 0 saturated carbocycles. The van der Waals surface area contributed by atoms with Gasteiger partial charge in [-0.3, -0.25) is 14.3 Å². The minimum absolute atomic E-state index is 0.162. The summed E-state index contributed by atoms with van der Waals surface area (Å²) in [7, 11) is 0. The summed E-state index contributed by atoms with van der Waals surface area (Å²) in [6, 6.07) is 7.92. The second-order valence-electron chi connectivity index (χ2n) is 7.59. The van der Waals surface area contributed by atoms with E-state index < -0.39 is 0 Å². The fourth-order valence-corrected chi connectivity index (χ4v) is 5.95. The molecule has 3 aromatic heterocycles. The van der Waals surface area contributed by atoms with Crippen molar-refractivity contribution in [3.8, 4) is 17.6 Å². The van der Waals surface area contributed by atoms with Crippen LogP contribution < -0.4 is 5.32 Å². The highest BCUT2D eigenvalue weighted by atomic mass is 32.2. The van der Waals surface area contributed by atoms with Crippen molar-refractivity contribution in [1.82, 2.24) is 19.7 Å². The Morgan fingerprint density at radius 3 is 3.06 bits per heavy atom. The van der Waals surface area contributed by atoms with Crippen LogP contribution in [0, 0.1) is 17.2 Å². The van der Waals surface area contributed by atoms with Gasteiger partial charge in [0.05, 0.1) is 11.3 Å². The molecular weight excluding hydrogens is 440 g/mol. The quantitative estimate of drug-likeness (QED) is 0.383. The number of carbonyl (C=O) groups excluding carboxylic acids is 1. The van der Waals surface area contributed by atoms with E-state index in [0.717, 1.165) is 31.2 Å². The van der Waals surface area contributed by atoms with Crippen molar-refractivity contribution in [2.45, 2.75) is 44.3 Å². The zero-order chi connectivity index (χ0) is 22.5. The predicted octanol–water partition coefficient (Wildman–Crippen LogP) is 4.70. The number of nitriles is 1. The maximum Gasteiger partial charge on any atom is 0.235 e. The average molecular weight is 465 g/mol. The molecule has 0 fully saturated rings. The molecule has 3 aromatic rings. The van der Waals surface area contributed by atoms with Crippen molar-refractivity contribution in [2.75, 3.05) is 11.1 Å². The zero-order valence-corrected chi connectivity index (χ0v) is 19.5. The SMILES string of the molecule is C=CCn1c(SCC(=O)Nc2sc3c(c2C#N)CCC(CC)C3)nnc1-c1ccccn1. The molecule has 164 valence electrons. The number of rotatable bonds is 8. The van der Waals surface area contributed by atoms with Crippen LogP contribution >= 0.6 is 23.1 Å². The number of hydrogen-bond acceptors (Lipinski definition) is 7. The monoisotopic (exact) mass is 464 g/mol. The van der Waals surface area contributed by atoms with Crippen molar-refractivity contribution >= 4 is 34.0 Å². The number of fused-ring (bicyclic) bond motifs is 1. The van der Waals surface area contributed by atoms with Gasteiger partial charge in [0.2, 0.25) is 5.91 Å². The van der Waals surface area contributed by atoms with E-state index in [4.69, 9.17) is 0 Å². The molecule has 1 aliphatic carbocycles. The molecule has 0 saturated heterocycles. The molecule has 4 rings (SSSR count). The van der Waals surface area contributed by atoms with E-state index in [1.165, 1.54) is 16.6 Å². The number of thiophene rings is 1. The zero-order valence-electron chi connectivity index (χ0n) is 17.9. The summed E-state index contributed by atoms with van der Waals surface area (Å²) >= 11 is 2.86. The lowest BCUT2D eigenvalue weighted by Gasteiger charge is -2.20. The van der Waals surface area contributed by atoms with Gasteiger partial charge in [-0.05, 0) is 42.9 Å². The van der Waals surface area contributed by atoms with Crippen LogP contribution in [0.2, 0.25) is 0 Å². The van der Waals surface area contributed by atoms with Crippen molar-refractivity contribution in [3.63, 3.8) is 0 Å². The van der Waals surface area contributed by atoms with Gasteiger partial charge in [-0.1, -0.05) is 37.2 Å². The second kappa shape index (κ2) is 10.1. The first-order chi connectivity index (χ1) is 15.6. The first kappa shape index (κ1) is 22.2. The standard InChI is InChI=1S/C23H24N6OS2/c1-3-11-29-21(18-7-5-6-10-25-18)27-28-23(29)31-14-20(30)26-22-17(13-24)16-9-8-15(4-2)12-19(16)32-22/h3,5-7,10,15H,1,4,8-9,11-12,14H2,2H3,(H,26,30). The number of anilines is 1. The number of aromatic nitrogens is 4. The molecule has 1 aliphatic rings. The number of nitrogens with one attached hydrogen (secondary N) is 1. The molecule has 1 atom stereocenters. The summed E-state index contributed by atoms with van der Waals surface area (Å²) in [5.74, 6) is 1.31. The van der Waals surface area contributed by atoms with Gasteiger partial charge in [-0.2, -0.15) is 5.26 Å². The Hall–Kier alpha value is -2.96. The summed E-state index contributed by atoms with van der Waals surface area (Å²) in [5.41, 5.74) is 2.47. The molecule has 1 N–H and O–H groups in total. The van der Waals surface area contributed by atoms with E-state index in [9.17, 15) is 10.1 Å². The average Bonchev–Trinajstić information content (AvgIpc) is 3.38. The van der Waals surface area contributed by atoms with Crippen LogP contribution in [0.15, 0.2) is 42.2 Å². The third-order valence-electron chi connectivity index (χ3n) is 5.56. The van der Waals surface area contributed by atoms with Gasteiger partial charge >= 0.3 is 0 Å². The number of pyridine rings is 1. The Morgan fingerprint density at radius 1 is 1.47 bits per heavy atom. The lowest BCUT2D eigenvalue weighted by Crippen LogP contribution is -2.15. The molecule has 7 nitrogen and oxygen atoms in total. The van der Waals surface area contributed by atoms with Crippen molar-refractivity contribution in [2.24, 2.45) is 5.92 Å². The Bertz CT molecular complexity index is 1160. The first-order valence-corrected chi connectivity index (χ1v) is 12.4. The lowest BCUT2D eigenvalue weighted by molar-refractivity contribution is -0.113. The third kappa shape index (κ3) is 4.61. The van der Waals surface area contributed by atoms with E-state index in [1.54, 1.807) is 23.6 Å². The Labute approximate surface area is 195 Å². The Morgan fingerprint density at radius 2 is 2.34 bits per heavy atom. The van der Waals surface area contributed by atoms with Gasteiger partial charge in [0, 0.05) is 17.6 Å². The van der Waals surface area contributed by atoms with Crippen LogP contribution in [0.1, 0.15) is 35.8 Å². The first-order valence-electron chi connectivity index (χ1n) is 10.6. The fraction of sp³-hybridized carbons (Fsp3) is 0.348. The fourth-order valence-electron chi connectivity index (χ4n) is 3.88. The number of allylic oxidation sites excluding steroid dienone is 1. The van der Waals surface area contributed by atoms with Gasteiger partial charge in [0.15, 0.2) is 11.0 Å². The van der Waals surface area contributed by atoms with Gasteiger partial charge in [0.1, 0.15) is 16.8 Å². The summed E-state index contributed by atoms with van der Waals surface area (Å²) in [5, 5.41) is 22.4. The highest BCUT2D eigenvalue weighted by Gasteiger charge is 2.26. The summed E-state index contributed by atoms with van der Waals surface area (Å²) < 4.78 is 1.89. The lowest BCUT2D eigenvalue weighted by atomic mass is 9.86.